The highest BCUT2D eigenvalue weighted by atomic mass is 35.5. The average molecular weight is 401 g/mol. The fourth-order valence-electron chi connectivity index (χ4n) is 2.80. The molecule has 10 heteroatoms. The van der Waals surface area contributed by atoms with Crippen molar-refractivity contribution in [1.82, 2.24) is 24.1 Å². The summed E-state index contributed by atoms with van der Waals surface area (Å²) in [7, 11) is 1.47. The molecule has 0 saturated heterocycles. The average Bonchev–Trinajstić information content (AvgIpc) is 3.23. The number of hydrogen-bond donors (Lipinski definition) is 2. The van der Waals surface area contributed by atoms with Crippen LogP contribution in [-0.4, -0.2) is 37.2 Å². The number of hydrogen-bond acceptors (Lipinski definition) is 5. The number of imidazole rings is 1. The van der Waals surface area contributed by atoms with Crippen molar-refractivity contribution < 1.29 is 9.53 Å². The molecule has 0 aliphatic heterocycles. The molecular weight excluding hydrogens is 388 g/mol. The van der Waals surface area contributed by atoms with Crippen molar-refractivity contribution in [2.75, 3.05) is 7.11 Å². The number of fused-ring (bicyclic) bond motifs is 1. The van der Waals surface area contributed by atoms with Gasteiger partial charge in [0.2, 0.25) is 0 Å². The number of aromatic nitrogens is 5. The number of halogens is 1. The van der Waals surface area contributed by atoms with Gasteiger partial charge in [-0.25, -0.2) is 4.98 Å². The van der Waals surface area contributed by atoms with E-state index in [-0.39, 0.29) is 5.56 Å². The lowest BCUT2D eigenvalue weighted by Gasteiger charge is -2.10. The molecule has 8 nitrogen and oxygen atoms in total. The Morgan fingerprint density at radius 2 is 2.15 bits per heavy atom. The maximum Gasteiger partial charge on any atom is 0.252 e. The molecule has 0 unspecified atom stereocenters. The first-order valence-corrected chi connectivity index (χ1v) is 8.57. The summed E-state index contributed by atoms with van der Waals surface area (Å²) in [4.78, 5) is 16.3. The molecule has 0 atom stereocenters. The van der Waals surface area contributed by atoms with E-state index in [0.717, 1.165) is 0 Å². The molecule has 0 fully saturated rings. The van der Waals surface area contributed by atoms with Crippen molar-refractivity contribution in [2.24, 2.45) is 5.73 Å². The fourth-order valence-corrected chi connectivity index (χ4v) is 3.19. The van der Waals surface area contributed by atoms with Gasteiger partial charge < -0.3 is 14.9 Å². The molecule has 0 bridgehead atoms. The van der Waals surface area contributed by atoms with Crippen LogP contribution in [0.1, 0.15) is 10.4 Å². The molecule has 0 spiro atoms. The number of nitrogens with one attached hydrogen (secondary N) is 1. The summed E-state index contributed by atoms with van der Waals surface area (Å²) in [5.74, 6) is 0.262. The third-order valence-electron chi connectivity index (χ3n) is 4.03. The van der Waals surface area contributed by atoms with Crippen molar-refractivity contribution in [2.45, 2.75) is 0 Å². The number of pyridine rings is 1. The molecule has 3 N–H and O–H groups in total. The van der Waals surface area contributed by atoms with Gasteiger partial charge >= 0.3 is 0 Å². The van der Waals surface area contributed by atoms with Crippen LogP contribution in [0, 0.1) is 4.77 Å². The number of carbonyl (C=O) groups excluding carboxylic acids is 1. The summed E-state index contributed by atoms with van der Waals surface area (Å²) in [5, 5.41) is 7.63. The van der Waals surface area contributed by atoms with Crippen LogP contribution in [0.3, 0.4) is 0 Å². The van der Waals surface area contributed by atoms with Crippen LogP contribution in [0.5, 0.6) is 5.75 Å². The van der Waals surface area contributed by atoms with Gasteiger partial charge in [0.15, 0.2) is 10.6 Å². The minimum absolute atomic E-state index is 0.242. The molecular formula is C17H13ClN6O2S. The summed E-state index contributed by atoms with van der Waals surface area (Å²) in [6.45, 7) is 0. The molecule has 0 saturated carbocycles. The van der Waals surface area contributed by atoms with Gasteiger partial charge in [-0.15, -0.1) is 0 Å². The Kier molecular flexibility index (Phi) is 4.17. The van der Waals surface area contributed by atoms with E-state index in [9.17, 15) is 4.79 Å². The molecule has 4 rings (SSSR count). The Morgan fingerprint density at radius 1 is 1.33 bits per heavy atom. The highest BCUT2D eigenvalue weighted by molar-refractivity contribution is 7.71. The molecule has 0 aliphatic carbocycles. The minimum atomic E-state index is -0.604. The standard InChI is InChI=1S/C17H13ClN6O2S/c1-26-13-3-2-10(7-11(13)15(19)25)24-16(21-22-17(24)27)12-8-23-5-4-9(18)6-14(23)20-12/h2-8H,1H3,(H2,19,25)(H,22,27). The van der Waals surface area contributed by atoms with E-state index in [0.29, 0.717) is 38.4 Å². The van der Waals surface area contributed by atoms with Gasteiger partial charge in [0.05, 0.1) is 18.4 Å². The van der Waals surface area contributed by atoms with Gasteiger partial charge in [0, 0.05) is 23.5 Å². The van der Waals surface area contributed by atoms with E-state index in [2.05, 4.69) is 15.2 Å². The second-order valence-corrected chi connectivity index (χ2v) is 6.50. The van der Waals surface area contributed by atoms with Crippen LogP contribution in [0.15, 0.2) is 42.7 Å². The first kappa shape index (κ1) is 17.3. The molecule has 0 aliphatic rings. The van der Waals surface area contributed by atoms with E-state index in [4.69, 9.17) is 34.3 Å². The van der Waals surface area contributed by atoms with Crippen molar-refractivity contribution >= 4 is 35.4 Å². The molecule has 1 amide bonds. The Bertz CT molecular complexity index is 1240. The van der Waals surface area contributed by atoms with Crippen LogP contribution < -0.4 is 10.5 Å². The van der Waals surface area contributed by atoms with E-state index in [1.54, 1.807) is 41.1 Å². The molecule has 3 heterocycles. The highest BCUT2D eigenvalue weighted by Gasteiger charge is 2.17. The highest BCUT2D eigenvalue weighted by Crippen LogP contribution is 2.26. The largest absolute Gasteiger partial charge is 0.496 e. The van der Waals surface area contributed by atoms with Gasteiger partial charge in [0.1, 0.15) is 17.1 Å². The zero-order chi connectivity index (χ0) is 19.1. The Morgan fingerprint density at radius 3 is 2.89 bits per heavy atom. The Balaban J connectivity index is 1.90. The van der Waals surface area contributed by atoms with Crippen LogP contribution in [0.2, 0.25) is 5.02 Å². The predicted molar refractivity (Wildman–Crippen MR) is 103 cm³/mol. The number of aromatic amines is 1. The van der Waals surface area contributed by atoms with Crippen molar-refractivity contribution in [1.29, 1.82) is 0 Å². The lowest BCUT2D eigenvalue weighted by molar-refractivity contribution is 0.0997. The lowest BCUT2D eigenvalue weighted by atomic mass is 10.1. The van der Waals surface area contributed by atoms with Crippen LogP contribution >= 0.6 is 23.8 Å². The van der Waals surface area contributed by atoms with Crippen LogP contribution in [-0.2, 0) is 0 Å². The molecule has 3 aromatic heterocycles. The zero-order valence-electron chi connectivity index (χ0n) is 14.0. The van der Waals surface area contributed by atoms with Gasteiger partial charge in [-0.1, -0.05) is 11.6 Å². The number of H-pyrrole nitrogens is 1. The first-order valence-electron chi connectivity index (χ1n) is 7.78. The normalized spacial score (nSPS) is 11.0. The second-order valence-electron chi connectivity index (χ2n) is 5.67. The number of rotatable bonds is 4. The van der Waals surface area contributed by atoms with E-state index in [1.165, 1.54) is 7.11 Å². The monoisotopic (exact) mass is 400 g/mol. The molecule has 4 aromatic rings. The topological polar surface area (TPSA) is 103 Å². The summed E-state index contributed by atoms with van der Waals surface area (Å²) in [5.41, 5.74) is 7.56. The number of primary amides is 1. The maximum absolute atomic E-state index is 11.7. The number of methoxy groups -OCH3 is 1. The molecule has 27 heavy (non-hydrogen) atoms. The predicted octanol–water partition coefficient (Wildman–Crippen LogP) is 3.01. The number of nitrogens with two attached hydrogens (primary N) is 1. The zero-order valence-corrected chi connectivity index (χ0v) is 15.6. The number of nitrogens with zero attached hydrogens (tertiary/aromatic N) is 4. The molecule has 136 valence electrons. The quantitative estimate of drug-likeness (QED) is 0.512. The summed E-state index contributed by atoms with van der Waals surface area (Å²) in [6, 6.07) is 8.52. The van der Waals surface area contributed by atoms with E-state index < -0.39 is 5.91 Å². The smallest absolute Gasteiger partial charge is 0.252 e. The summed E-state index contributed by atoms with van der Waals surface area (Å²) in [6.07, 6.45) is 3.62. The number of ether oxygens (including phenoxy) is 1. The number of carbonyl (C=O) groups is 1. The fraction of sp³-hybridized carbons (Fsp3) is 0.0588. The van der Waals surface area contributed by atoms with E-state index in [1.807, 2.05) is 10.6 Å². The Labute approximate surface area is 163 Å². The van der Waals surface area contributed by atoms with E-state index >= 15 is 0 Å². The van der Waals surface area contributed by atoms with Gasteiger partial charge in [-0.2, -0.15) is 5.10 Å². The molecule has 0 radical (unpaired) electrons. The van der Waals surface area contributed by atoms with Gasteiger partial charge in [-0.05, 0) is 36.5 Å². The van der Waals surface area contributed by atoms with Crippen LogP contribution in [0.4, 0.5) is 0 Å². The SMILES string of the molecule is COc1ccc(-n2c(-c3cn4ccc(Cl)cc4n3)n[nH]c2=S)cc1C(N)=O. The molecule has 1 aromatic carbocycles. The summed E-state index contributed by atoms with van der Waals surface area (Å²) >= 11 is 11.4. The van der Waals surface area contributed by atoms with Gasteiger partial charge in [-0.3, -0.25) is 14.5 Å². The van der Waals surface area contributed by atoms with Crippen molar-refractivity contribution in [3.8, 4) is 23.0 Å². The minimum Gasteiger partial charge on any atom is -0.496 e. The van der Waals surface area contributed by atoms with Crippen LogP contribution in [0.25, 0.3) is 22.9 Å². The number of amides is 1. The number of benzene rings is 1. The third kappa shape index (κ3) is 2.96. The third-order valence-corrected chi connectivity index (χ3v) is 4.54. The lowest BCUT2D eigenvalue weighted by Crippen LogP contribution is -2.13. The Hall–Kier alpha value is -3.17. The summed E-state index contributed by atoms with van der Waals surface area (Å²) < 4.78 is 9.03. The van der Waals surface area contributed by atoms with Crippen molar-refractivity contribution in [3.63, 3.8) is 0 Å². The second kappa shape index (κ2) is 6.53. The maximum atomic E-state index is 11.7. The van der Waals surface area contributed by atoms with Crippen molar-refractivity contribution in [3.05, 3.63) is 58.1 Å². The first-order chi connectivity index (χ1) is 13.0. The van der Waals surface area contributed by atoms with Gasteiger partial charge in [0.25, 0.3) is 5.91 Å².